The van der Waals surface area contributed by atoms with Gasteiger partial charge in [0.1, 0.15) is 0 Å². The highest BCUT2D eigenvalue weighted by atomic mass is 35.5. The van der Waals surface area contributed by atoms with Crippen LogP contribution in [0, 0.1) is 5.92 Å². The Hall–Kier alpha value is -0.600. The fourth-order valence-electron chi connectivity index (χ4n) is 1.77. The minimum Gasteiger partial charge on any atom is -0.314 e. The molecule has 0 aromatic carbocycles. The maximum atomic E-state index is 6.07. The van der Waals surface area contributed by atoms with Crippen LogP contribution in [0.25, 0.3) is 0 Å². The molecule has 3 heteroatoms. The number of hydrogen-bond acceptors (Lipinski definition) is 2. The molecule has 1 aromatic heterocycles. The van der Waals surface area contributed by atoms with Crippen LogP contribution in [-0.2, 0) is 6.42 Å². The highest BCUT2D eigenvalue weighted by Crippen LogP contribution is 2.20. The minimum atomic E-state index is 0.713. The second-order valence-electron chi connectivity index (χ2n) is 4.79. The zero-order valence-corrected chi connectivity index (χ0v) is 10.5. The number of halogens is 1. The van der Waals surface area contributed by atoms with Crippen molar-refractivity contribution in [3.05, 3.63) is 29.0 Å². The molecule has 0 amide bonds. The van der Waals surface area contributed by atoms with Crippen LogP contribution in [0.15, 0.2) is 18.5 Å². The Morgan fingerprint density at radius 3 is 3.06 bits per heavy atom. The van der Waals surface area contributed by atoms with Crippen molar-refractivity contribution in [2.45, 2.75) is 38.6 Å². The fourth-order valence-corrected chi connectivity index (χ4v) is 1.98. The lowest BCUT2D eigenvalue weighted by molar-refractivity contribution is 0.480. The molecule has 1 saturated carbocycles. The number of pyridine rings is 1. The van der Waals surface area contributed by atoms with Gasteiger partial charge in [0.2, 0.25) is 0 Å². The Morgan fingerprint density at radius 1 is 1.56 bits per heavy atom. The molecular formula is C13H19ClN2. The molecule has 0 spiro atoms. The van der Waals surface area contributed by atoms with Gasteiger partial charge in [-0.3, -0.25) is 4.98 Å². The topological polar surface area (TPSA) is 24.9 Å². The van der Waals surface area contributed by atoms with E-state index < -0.39 is 0 Å². The second-order valence-corrected chi connectivity index (χ2v) is 5.20. The molecule has 1 aliphatic carbocycles. The monoisotopic (exact) mass is 238 g/mol. The van der Waals surface area contributed by atoms with Crippen LogP contribution in [0.2, 0.25) is 5.02 Å². The van der Waals surface area contributed by atoms with Crippen LogP contribution in [0.5, 0.6) is 0 Å². The van der Waals surface area contributed by atoms with Crippen molar-refractivity contribution in [2.75, 3.05) is 6.54 Å². The average Bonchev–Trinajstić information content (AvgIpc) is 3.09. The van der Waals surface area contributed by atoms with Crippen molar-refractivity contribution in [1.29, 1.82) is 0 Å². The lowest BCUT2D eigenvalue weighted by Gasteiger charge is -2.12. The van der Waals surface area contributed by atoms with Crippen molar-refractivity contribution in [3.63, 3.8) is 0 Å². The smallest absolute Gasteiger partial charge is 0.0621 e. The van der Waals surface area contributed by atoms with E-state index in [1.807, 2.05) is 12.3 Å². The summed E-state index contributed by atoms with van der Waals surface area (Å²) in [7, 11) is 0. The molecule has 0 bridgehead atoms. The first-order valence-electron chi connectivity index (χ1n) is 6.07. The number of aromatic nitrogens is 1. The molecule has 1 N–H and O–H groups in total. The van der Waals surface area contributed by atoms with E-state index in [1.54, 1.807) is 6.20 Å². The summed E-state index contributed by atoms with van der Waals surface area (Å²) in [6.45, 7) is 3.43. The molecule has 1 heterocycles. The van der Waals surface area contributed by atoms with E-state index in [-0.39, 0.29) is 0 Å². The molecular weight excluding hydrogens is 220 g/mol. The molecule has 1 aliphatic rings. The van der Waals surface area contributed by atoms with Crippen LogP contribution in [0.1, 0.15) is 31.7 Å². The van der Waals surface area contributed by atoms with Gasteiger partial charge < -0.3 is 5.32 Å². The quantitative estimate of drug-likeness (QED) is 0.824. The van der Waals surface area contributed by atoms with Gasteiger partial charge >= 0.3 is 0 Å². The summed E-state index contributed by atoms with van der Waals surface area (Å²) in [4.78, 5) is 4.00. The van der Waals surface area contributed by atoms with Gasteiger partial charge in [0, 0.05) is 18.4 Å². The second kappa shape index (κ2) is 5.65. The predicted molar refractivity (Wildman–Crippen MR) is 67.8 cm³/mol. The summed E-state index contributed by atoms with van der Waals surface area (Å²) in [5, 5.41) is 4.36. The van der Waals surface area contributed by atoms with E-state index >= 15 is 0 Å². The first-order chi connectivity index (χ1) is 7.75. The normalized spacial score (nSPS) is 17.4. The van der Waals surface area contributed by atoms with Gasteiger partial charge in [-0.05, 0) is 49.8 Å². The number of aryl methyl sites for hydroxylation is 1. The van der Waals surface area contributed by atoms with Gasteiger partial charge in [0.15, 0.2) is 0 Å². The third kappa shape index (κ3) is 3.76. The van der Waals surface area contributed by atoms with E-state index in [4.69, 9.17) is 11.6 Å². The number of hydrogen-bond donors (Lipinski definition) is 1. The molecule has 88 valence electrons. The largest absolute Gasteiger partial charge is 0.314 e. The summed E-state index contributed by atoms with van der Waals surface area (Å²) < 4.78 is 0. The Labute approximate surface area is 102 Å². The fraction of sp³-hybridized carbons (Fsp3) is 0.615. The standard InChI is InChI=1S/C13H19ClN2/c1-10(8-16-12-4-5-12)2-3-11-6-7-15-9-13(11)14/h6-7,9-10,12,16H,2-5,8H2,1H3. The highest BCUT2D eigenvalue weighted by Gasteiger charge is 2.20. The van der Waals surface area contributed by atoms with Crippen molar-refractivity contribution in [1.82, 2.24) is 10.3 Å². The Morgan fingerprint density at radius 2 is 2.38 bits per heavy atom. The number of nitrogens with one attached hydrogen (secondary N) is 1. The number of nitrogens with zero attached hydrogens (tertiary/aromatic N) is 1. The van der Waals surface area contributed by atoms with Gasteiger partial charge in [-0.15, -0.1) is 0 Å². The first kappa shape index (κ1) is 11.9. The highest BCUT2D eigenvalue weighted by molar-refractivity contribution is 6.31. The summed E-state index contributed by atoms with van der Waals surface area (Å²) in [5.41, 5.74) is 1.22. The zero-order valence-electron chi connectivity index (χ0n) is 9.75. The van der Waals surface area contributed by atoms with E-state index in [1.165, 1.54) is 24.8 Å². The molecule has 0 radical (unpaired) electrons. The lowest BCUT2D eigenvalue weighted by atomic mass is 10.0. The van der Waals surface area contributed by atoms with E-state index in [9.17, 15) is 0 Å². The van der Waals surface area contributed by atoms with Crippen molar-refractivity contribution >= 4 is 11.6 Å². The Kier molecular flexibility index (Phi) is 4.19. The molecule has 2 nitrogen and oxygen atoms in total. The lowest BCUT2D eigenvalue weighted by Crippen LogP contribution is -2.23. The summed E-state index contributed by atoms with van der Waals surface area (Å²) in [6.07, 6.45) is 8.50. The average molecular weight is 239 g/mol. The van der Waals surface area contributed by atoms with Crippen LogP contribution in [0.4, 0.5) is 0 Å². The van der Waals surface area contributed by atoms with Gasteiger partial charge in [0.25, 0.3) is 0 Å². The molecule has 1 fully saturated rings. The van der Waals surface area contributed by atoms with Crippen LogP contribution < -0.4 is 5.32 Å². The van der Waals surface area contributed by atoms with E-state index in [2.05, 4.69) is 17.2 Å². The van der Waals surface area contributed by atoms with Crippen molar-refractivity contribution < 1.29 is 0 Å². The molecule has 1 unspecified atom stereocenters. The summed E-state index contributed by atoms with van der Waals surface area (Å²) >= 11 is 6.07. The van der Waals surface area contributed by atoms with Gasteiger partial charge in [-0.25, -0.2) is 0 Å². The minimum absolute atomic E-state index is 0.713. The van der Waals surface area contributed by atoms with E-state index in [0.717, 1.165) is 24.0 Å². The first-order valence-corrected chi connectivity index (χ1v) is 6.45. The summed E-state index contributed by atoms with van der Waals surface area (Å²) in [6, 6.07) is 2.83. The van der Waals surface area contributed by atoms with Crippen LogP contribution >= 0.6 is 11.6 Å². The van der Waals surface area contributed by atoms with Crippen LogP contribution in [-0.4, -0.2) is 17.6 Å². The Balaban J connectivity index is 1.71. The zero-order chi connectivity index (χ0) is 11.4. The number of rotatable bonds is 6. The molecule has 2 rings (SSSR count). The van der Waals surface area contributed by atoms with Crippen molar-refractivity contribution in [3.8, 4) is 0 Å². The third-order valence-electron chi connectivity index (χ3n) is 3.10. The maximum Gasteiger partial charge on any atom is 0.0621 e. The summed E-state index contributed by atoms with van der Waals surface area (Å²) in [5.74, 6) is 0.713. The SMILES string of the molecule is CC(CCc1ccncc1Cl)CNC1CC1. The molecule has 0 aliphatic heterocycles. The molecule has 1 atom stereocenters. The Bertz CT molecular complexity index is 336. The third-order valence-corrected chi connectivity index (χ3v) is 3.44. The van der Waals surface area contributed by atoms with Gasteiger partial charge in [-0.1, -0.05) is 18.5 Å². The molecule has 1 aromatic rings. The molecule has 16 heavy (non-hydrogen) atoms. The van der Waals surface area contributed by atoms with E-state index in [0.29, 0.717) is 5.92 Å². The van der Waals surface area contributed by atoms with Crippen LogP contribution in [0.3, 0.4) is 0 Å². The van der Waals surface area contributed by atoms with Crippen molar-refractivity contribution in [2.24, 2.45) is 5.92 Å². The maximum absolute atomic E-state index is 6.07. The van der Waals surface area contributed by atoms with Gasteiger partial charge in [-0.2, -0.15) is 0 Å². The predicted octanol–water partition coefficient (Wildman–Crippen LogP) is 3.06. The molecule has 0 saturated heterocycles. The van der Waals surface area contributed by atoms with Gasteiger partial charge in [0.05, 0.1) is 5.02 Å².